The molecule has 8 nitrogen and oxygen atoms in total. The normalized spacial score (nSPS) is 15.1. The number of amides is 1. The van der Waals surface area contributed by atoms with E-state index in [1.54, 1.807) is 0 Å². The molecule has 0 radical (unpaired) electrons. The number of H-pyrrole nitrogens is 1. The van der Waals surface area contributed by atoms with Crippen LogP contribution in [0.1, 0.15) is 67.2 Å². The minimum atomic E-state index is -0.608. The van der Waals surface area contributed by atoms with Crippen LogP contribution in [0.4, 0.5) is 11.5 Å². The van der Waals surface area contributed by atoms with Crippen LogP contribution >= 0.6 is 0 Å². The minimum absolute atomic E-state index is 0.0587. The van der Waals surface area contributed by atoms with Crippen LogP contribution in [0.5, 0.6) is 0 Å². The zero-order chi connectivity index (χ0) is 22.6. The summed E-state index contributed by atoms with van der Waals surface area (Å²) in [6, 6.07) is 0.615. The minimum Gasteiger partial charge on any atom is -0.383 e. The summed E-state index contributed by atoms with van der Waals surface area (Å²) in [6.07, 6.45) is 4.56. The van der Waals surface area contributed by atoms with Gasteiger partial charge in [0.2, 0.25) is 5.91 Å². The van der Waals surface area contributed by atoms with E-state index < -0.39 is 11.2 Å². The van der Waals surface area contributed by atoms with Crippen molar-refractivity contribution in [3.63, 3.8) is 0 Å². The highest BCUT2D eigenvalue weighted by atomic mass is 16.2. The van der Waals surface area contributed by atoms with Crippen LogP contribution in [0, 0.1) is 11.8 Å². The van der Waals surface area contributed by atoms with E-state index in [0.717, 1.165) is 12.8 Å². The van der Waals surface area contributed by atoms with Crippen molar-refractivity contribution < 1.29 is 4.79 Å². The number of nitrogens with one attached hydrogen (secondary N) is 1. The predicted molar refractivity (Wildman–Crippen MR) is 122 cm³/mol. The van der Waals surface area contributed by atoms with Crippen molar-refractivity contribution in [2.24, 2.45) is 11.8 Å². The second-order valence-corrected chi connectivity index (χ2v) is 9.60. The van der Waals surface area contributed by atoms with E-state index >= 15 is 0 Å². The summed E-state index contributed by atoms with van der Waals surface area (Å²) in [6.45, 7) is 13.1. The SMILES string of the molecule is CC(C)CN(C(=O)CN(C(C)C)C1CCCC1)c1c(N)n(CC(C)C)c(=O)[nH]c1=O. The Kier molecular flexibility index (Phi) is 8.29. The molecule has 1 aromatic rings. The van der Waals surface area contributed by atoms with Crippen LogP contribution in [-0.2, 0) is 11.3 Å². The number of hydrogen-bond acceptors (Lipinski definition) is 5. The molecule has 170 valence electrons. The fraction of sp³-hybridized carbons (Fsp3) is 0.773. The fourth-order valence-electron chi connectivity index (χ4n) is 4.28. The molecule has 1 aliphatic carbocycles. The van der Waals surface area contributed by atoms with Gasteiger partial charge in [0.25, 0.3) is 5.56 Å². The molecule has 1 aliphatic rings. The van der Waals surface area contributed by atoms with Crippen molar-refractivity contribution in [2.45, 2.75) is 85.9 Å². The van der Waals surface area contributed by atoms with Crippen LogP contribution < -0.4 is 21.9 Å². The van der Waals surface area contributed by atoms with Crippen molar-refractivity contribution in [3.05, 3.63) is 20.8 Å². The van der Waals surface area contributed by atoms with Gasteiger partial charge in [-0.15, -0.1) is 0 Å². The van der Waals surface area contributed by atoms with Crippen LogP contribution in [0.25, 0.3) is 0 Å². The third kappa shape index (κ3) is 5.74. The molecule has 1 heterocycles. The number of carbonyl (C=O) groups is 1. The first-order valence-corrected chi connectivity index (χ1v) is 11.2. The Morgan fingerprint density at radius 3 is 2.20 bits per heavy atom. The largest absolute Gasteiger partial charge is 0.383 e. The number of aromatic amines is 1. The van der Waals surface area contributed by atoms with Crippen molar-refractivity contribution in [1.29, 1.82) is 0 Å². The first-order valence-electron chi connectivity index (χ1n) is 11.2. The molecule has 3 N–H and O–H groups in total. The molecule has 0 atom stereocenters. The van der Waals surface area contributed by atoms with Gasteiger partial charge in [0.05, 0.1) is 6.54 Å². The Balaban J connectivity index is 2.45. The molecule has 1 amide bonds. The van der Waals surface area contributed by atoms with Gasteiger partial charge in [-0.05, 0) is 38.5 Å². The van der Waals surface area contributed by atoms with Crippen molar-refractivity contribution in [2.75, 3.05) is 23.7 Å². The molecule has 0 aromatic carbocycles. The van der Waals surface area contributed by atoms with E-state index in [4.69, 9.17) is 5.73 Å². The number of aromatic nitrogens is 2. The quantitative estimate of drug-likeness (QED) is 0.637. The number of nitrogens with two attached hydrogens (primary N) is 1. The molecular formula is C22H39N5O3. The van der Waals surface area contributed by atoms with Crippen LogP contribution in [0.15, 0.2) is 9.59 Å². The average Bonchev–Trinajstić information content (AvgIpc) is 3.15. The number of carbonyl (C=O) groups excluding carboxylic acids is 1. The van der Waals surface area contributed by atoms with Crippen LogP contribution in [0.3, 0.4) is 0 Å². The lowest BCUT2D eigenvalue weighted by molar-refractivity contribution is -0.121. The van der Waals surface area contributed by atoms with E-state index in [1.165, 1.54) is 22.3 Å². The van der Waals surface area contributed by atoms with E-state index in [1.807, 2.05) is 27.7 Å². The standard InChI is InChI=1S/C22H39N5O3/c1-14(2)11-26(18(28)13-25(16(5)6)17-9-7-8-10-17)19-20(23)27(12-15(3)4)22(30)24-21(19)29/h14-17H,7-13,23H2,1-6H3,(H,24,29,30). The highest BCUT2D eigenvalue weighted by molar-refractivity contribution is 5.96. The molecule has 1 fully saturated rings. The summed E-state index contributed by atoms with van der Waals surface area (Å²) < 4.78 is 1.36. The topological polar surface area (TPSA) is 104 Å². The number of hydrogen-bond donors (Lipinski definition) is 2. The first kappa shape index (κ1) is 24.2. The molecule has 0 bridgehead atoms. The summed E-state index contributed by atoms with van der Waals surface area (Å²) in [7, 11) is 0. The number of rotatable bonds is 9. The lowest BCUT2D eigenvalue weighted by Gasteiger charge is -2.34. The molecule has 0 aliphatic heterocycles. The van der Waals surface area contributed by atoms with Gasteiger partial charge in [0.15, 0.2) is 5.69 Å². The lowest BCUT2D eigenvalue weighted by atomic mass is 10.1. The van der Waals surface area contributed by atoms with Crippen molar-refractivity contribution in [1.82, 2.24) is 14.5 Å². The number of anilines is 2. The fourth-order valence-corrected chi connectivity index (χ4v) is 4.28. The van der Waals surface area contributed by atoms with E-state index in [0.29, 0.717) is 19.1 Å². The van der Waals surface area contributed by atoms with Gasteiger partial charge in [0.1, 0.15) is 5.82 Å². The monoisotopic (exact) mass is 421 g/mol. The Morgan fingerprint density at radius 2 is 1.70 bits per heavy atom. The molecule has 8 heteroatoms. The Labute approximate surface area is 179 Å². The molecule has 0 spiro atoms. The van der Waals surface area contributed by atoms with Crippen LogP contribution in [0.2, 0.25) is 0 Å². The maximum absolute atomic E-state index is 13.5. The number of nitrogens with zero attached hydrogens (tertiary/aromatic N) is 3. The van der Waals surface area contributed by atoms with Gasteiger partial charge in [-0.3, -0.25) is 24.0 Å². The average molecular weight is 422 g/mol. The van der Waals surface area contributed by atoms with Gasteiger partial charge >= 0.3 is 5.69 Å². The second-order valence-electron chi connectivity index (χ2n) is 9.60. The second kappa shape index (κ2) is 10.3. The Morgan fingerprint density at radius 1 is 1.10 bits per heavy atom. The third-order valence-electron chi connectivity index (χ3n) is 5.66. The van der Waals surface area contributed by atoms with E-state index in [-0.39, 0.29) is 41.8 Å². The smallest absolute Gasteiger partial charge is 0.330 e. The van der Waals surface area contributed by atoms with E-state index in [9.17, 15) is 14.4 Å². The molecule has 30 heavy (non-hydrogen) atoms. The maximum Gasteiger partial charge on any atom is 0.330 e. The molecule has 0 unspecified atom stereocenters. The summed E-state index contributed by atoms with van der Waals surface area (Å²) in [5, 5.41) is 0. The summed E-state index contributed by atoms with van der Waals surface area (Å²) in [5.74, 6) is 0.202. The summed E-state index contributed by atoms with van der Waals surface area (Å²) >= 11 is 0. The number of nitrogen functional groups attached to an aromatic ring is 1. The molecule has 1 aromatic heterocycles. The molecule has 0 saturated heterocycles. The lowest BCUT2D eigenvalue weighted by Crippen LogP contribution is -2.50. The summed E-state index contributed by atoms with van der Waals surface area (Å²) in [5.41, 5.74) is 5.24. The van der Waals surface area contributed by atoms with E-state index in [2.05, 4.69) is 23.7 Å². The first-order chi connectivity index (χ1) is 14.0. The summed E-state index contributed by atoms with van der Waals surface area (Å²) in [4.78, 5) is 44.6. The Hall–Kier alpha value is -2.09. The van der Waals surface area contributed by atoms with Gasteiger partial charge < -0.3 is 10.6 Å². The molecular weight excluding hydrogens is 382 g/mol. The van der Waals surface area contributed by atoms with Crippen LogP contribution in [-0.4, -0.2) is 45.5 Å². The highest BCUT2D eigenvalue weighted by Gasteiger charge is 2.31. The predicted octanol–water partition coefficient (Wildman–Crippen LogP) is 2.42. The van der Waals surface area contributed by atoms with Gasteiger partial charge in [-0.1, -0.05) is 40.5 Å². The van der Waals surface area contributed by atoms with Crippen molar-refractivity contribution >= 4 is 17.4 Å². The highest BCUT2D eigenvalue weighted by Crippen LogP contribution is 2.26. The van der Waals surface area contributed by atoms with Gasteiger partial charge in [-0.25, -0.2) is 4.79 Å². The van der Waals surface area contributed by atoms with Crippen molar-refractivity contribution in [3.8, 4) is 0 Å². The third-order valence-corrected chi connectivity index (χ3v) is 5.66. The maximum atomic E-state index is 13.5. The Bertz CT molecular complexity index is 834. The zero-order valence-corrected chi connectivity index (χ0v) is 19.4. The zero-order valence-electron chi connectivity index (χ0n) is 19.4. The van der Waals surface area contributed by atoms with Gasteiger partial charge in [-0.2, -0.15) is 0 Å². The van der Waals surface area contributed by atoms with Gasteiger partial charge in [0, 0.05) is 25.2 Å². The molecule has 1 saturated carbocycles. The molecule has 2 rings (SSSR count).